The second kappa shape index (κ2) is 6.98. The Balaban J connectivity index is 1.61. The van der Waals surface area contributed by atoms with Crippen molar-refractivity contribution in [2.75, 3.05) is 32.8 Å². The molecule has 1 aliphatic rings. The summed E-state index contributed by atoms with van der Waals surface area (Å²) in [5.41, 5.74) is 4.62. The molecule has 0 spiro atoms. The first kappa shape index (κ1) is 15.7. The number of hydrogen-bond donors (Lipinski definition) is 1. The standard InChI is InChI=1S/C17H20N4O2S/c22-13(9-20-5-7-23-8-6-20)10-21-16-4-2-1-3-14(16)19-17(21)15-11-24-12-18-15/h1-4,11-13,22H,5-10H2/t13-/m0/s1. The molecule has 6 nitrogen and oxygen atoms in total. The van der Waals surface area contributed by atoms with Crippen molar-refractivity contribution in [3.63, 3.8) is 0 Å². The molecule has 1 aliphatic heterocycles. The summed E-state index contributed by atoms with van der Waals surface area (Å²) in [5, 5.41) is 12.6. The van der Waals surface area contributed by atoms with Crippen LogP contribution in [-0.2, 0) is 11.3 Å². The van der Waals surface area contributed by atoms with E-state index in [-0.39, 0.29) is 0 Å². The maximum absolute atomic E-state index is 10.6. The van der Waals surface area contributed by atoms with Gasteiger partial charge in [0.25, 0.3) is 0 Å². The summed E-state index contributed by atoms with van der Waals surface area (Å²) in [6.45, 7) is 4.38. The van der Waals surface area contributed by atoms with Gasteiger partial charge in [0.15, 0.2) is 5.82 Å². The number of aromatic nitrogens is 3. The maximum atomic E-state index is 10.6. The monoisotopic (exact) mass is 344 g/mol. The zero-order chi connectivity index (χ0) is 16.4. The number of ether oxygens (including phenoxy) is 1. The molecule has 7 heteroatoms. The van der Waals surface area contributed by atoms with Crippen molar-refractivity contribution >= 4 is 22.4 Å². The number of nitrogens with zero attached hydrogens (tertiary/aromatic N) is 4. The highest BCUT2D eigenvalue weighted by Crippen LogP contribution is 2.25. The summed E-state index contributed by atoms with van der Waals surface area (Å²) in [5.74, 6) is 0.818. The first-order valence-electron chi connectivity index (χ1n) is 8.13. The summed E-state index contributed by atoms with van der Waals surface area (Å²) in [6, 6.07) is 8.02. The molecule has 3 heterocycles. The van der Waals surface area contributed by atoms with Gasteiger partial charge in [-0.25, -0.2) is 9.97 Å². The summed E-state index contributed by atoms with van der Waals surface area (Å²) >= 11 is 1.55. The zero-order valence-corrected chi connectivity index (χ0v) is 14.2. The molecule has 1 saturated heterocycles. The van der Waals surface area contributed by atoms with Gasteiger partial charge in [-0.2, -0.15) is 0 Å². The van der Waals surface area contributed by atoms with Gasteiger partial charge in [-0.3, -0.25) is 4.90 Å². The fourth-order valence-corrected chi connectivity index (χ4v) is 3.66. The summed E-state index contributed by atoms with van der Waals surface area (Å²) < 4.78 is 7.45. The molecule has 1 N–H and O–H groups in total. The van der Waals surface area contributed by atoms with E-state index in [0.717, 1.165) is 48.9 Å². The number of benzene rings is 1. The molecule has 3 aromatic rings. The molecular weight excluding hydrogens is 324 g/mol. The maximum Gasteiger partial charge on any atom is 0.160 e. The Labute approximate surface area is 144 Å². The fraction of sp³-hybridized carbons (Fsp3) is 0.412. The molecular formula is C17H20N4O2S. The fourth-order valence-electron chi connectivity index (χ4n) is 3.13. The number of fused-ring (bicyclic) bond motifs is 1. The van der Waals surface area contributed by atoms with Gasteiger partial charge in [0.05, 0.1) is 42.4 Å². The lowest BCUT2D eigenvalue weighted by Crippen LogP contribution is -2.42. The Morgan fingerprint density at radius 2 is 2.04 bits per heavy atom. The molecule has 2 aromatic heterocycles. The molecule has 0 radical (unpaired) electrons. The van der Waals surface area contributed by atoms with Gasteiger partial charge >= 0.3 is 0 Å². The van der Waals surface area contributed by atoms with Gasteiger partial charge in [0, 0.05) is 25.0 Å². The van der Waals surface area contributed by atoms with E-state index < -0.39 is 6.10 Å². The lowest BCUT2D eigenvalue weighted by atomic mass is 10.2. The molecule has 126 valence electrons. The van der Waals surface area contributed by atoms with E-state index >= 15 is 0 Å². The van der Waals surface area contributed by atoms with Crippen molar-refractivity contribution in [3.8, 4) is 11.5 Å². The van der Waals surface area contributed by atoms with Gasteiger partial charge in [-0.1, -0.05) is 12.1 Å². The summed E-state index contributed by atoms with van der Waals surface area (Å²) in [6.07, 6.45) is -0.460. The van der Waals surface area contributed by atoms with Crippen molar-refractivity contribution < 1.29 is 9.84 Å². The van der Waals surface area contributed by atoms with E-state index in [2.05, 4.69) is 14.5 Å². The number of morpholine rings is 1. The molecule has 0 saturated carbocycles. The average molecular weight is 344 g/mol. The summed E-state index contributed by atoms with van der Waals surface area (Å²) in [4.78, 5) is 11.4. The molecule has 0 aliphatic carbocycles. The summed E-state index contributed by atoms with van der Waals surface area (Å²) in [7, 11) is 0. The molecule has 1 atom stereocenters. The molecule has 1 aromatic carbocycles. The van der Waals surface area contributed by atoms with Crippen molar-refractivity contribution in [2.24, 2.45) is 0 Å². The van der Waals surface area contributed by atoms with Crippen LogP contribution in [0, 0.1) is 0 Å². The molecule has 0 amide bonds. The van der Waals surface area contributed by atoms with E-state index in [9.17, 15) is 5.11 Å². The van der Waals surface area contributed by atoms with Crippen LogP contribution >= 0.6 is 11.3 Å². The number of hydrogen-bond acceptors (Lipinski definition) is 6. The van der Waals surface area contributed by atoms with Gasteiger partial charge in [-0.15, -0.1) is 11.3 Å². The van der Waals surface area contributed by atoms with Crippen LogP contribution in [-0.4, -0.2) is 63.5 Å². The number of thiazole rings is 1. The Morgan fingerprint density at radius 3 is 2.83 bits per heavy atom. The Bertz CT molecular complexity index is 796. The van der Waals surface area contributed by atoms with Crippen LogP contribution in [0.4, 0.5) is 0 Å². The minimum Gasteiger partial charge on any atom is -0.390 e. The van der Waals surface area contributed by atoms with Gasteiger partial charge in [-0.05, 0) is 12.1 Å². The van der Waals surface area contributed by atoms with Gasteiger partial charge in [0.1, 0.15) is 5.69 Å². The largest absolute Gasteiger partial charge is 0.390 e. The number of β-amino-alcohol motifs (C(OH)–C–C–N with tert-alkyl or cyclic N) is 1. The smallest absolute Gasteiger partial charge is 0.160 e. The zero-order valence-electron chi connectivity index (χ0n) is 13.3. The second-order valence-electron chi connectivity index (χ2n) is 5.98. The highest BCUT2D eigenvalue weighted by molar-refractivity contribution is 7.07. The van der Waals surface area contributed by atoms with E-state index in [1.54, 1.807) is 11.3 Å². The van der Waals surface area contributed by atoms with Crippen molar-refractivity contribution in [2.45, 2.75) is 12.6 Å². The van der Waals surface area contributed by atoms with E-state index in [1.807, 2.05) is 35.2 Å². The molecule has 24 heavy (non-hydrogen) atoms. The van der Waals surface area contributed by atoms with Gasteiger partial charge < -0.3 is 14.4 Å². The molecule has 4 rings (SSSR count). The number of imidazole rings is 1. The van der Waals surface area contributed by atoms with Crippen LogP contribution in [0.1, 0.15) is 0 Å². The minimum absolute atomic E-state index is 0.460. The first-order chi connectivity index (χ1) is 11.8. The molecule has 0 unspecified atom stereocenters. The Kier molecular flexibility index (Phi) is 4.57. The first-order valence-corrected chi connectivity index (χ1v) is 9.07. The number of rotatable bonds is 5. The normalized spacial score (nSPS) is 17.4. The molecule has 1 fully saturated rings. The van der Waals surface area contributed by atoms with E-state index in [1.165, 1.54) is 0 Å². The second-order valence-corrected chi connectivity index (χ2v) is 6.69. The number of aliphatic hydroxyl groups excluding tert-OH is 1. The third kappa shape index (κ3) is 3.21. The van der Waals surface area contributed by atoms with Crippen LogP contribution < -0.4 is 0 Å². The SMILES string of the molecule is O[C@@H](CN1CCOCC1)Cn1c(-c2cscn2)nc2ccccc21. The van der Waals surface area contributed by atoms with Crippen LogP contribution in [0.2, 0.25) is 0 Å². The van der Waals surface area contributed by atoms with Gasteiger partial charge in [0.2, 0.25) is 0 Å². The van der Waals surface area contributed by atoms with Crippen molar-refractivity contribution in [3.05, 3.63) is 35.2 Å². The quantitative estimate of drug-likeness (QED) is 0.765. The van der Waals surface area contributed by atoms with Crippen molar-refractivity contribution in [1.82, 2.24) is 19.4 Å². The van der Waals surface area contributed by atoms with Crippen molar-refractivity contribution in [1.29, 1.82) is 0 Å². The third-order valence-corrected chi connectivity index (χ3v) is 4.87. The lowest BCUT2D eigenvalue weighted by Gasteiger charge is -2.28. The van der Waals surface area contributed by atoms with Crippen LogP contribution in [0.25, 0.3) is 22.6 Å². The Hall–Kier alpha value is -1.80. The lowest BCUT2D eigenvalue weighted by molar-refractivity contribution is 0.0118. The van der Waals surface area contributed by atoms with Crippen LogP contribution in [0.5, 0.6) is 0 Å². The predicted molar refractivity (Wildman–Crippen MR) is 94.1 cm³/mol. The Morgan fingerprint density at radius 1 is 1.21 bits per heavy atom. The van der Waals surface area contributed by atoms with Crippen LogP contribution in [0.3, 0.4) is 0 Å². The number of para-hydroxylation sites is 2. The minimum atomic E-state index is -0.460. The topological polar surface area (TPSA) is 63.4 Å². The van der Waals surface area contributed by atoms with E-state index in [4.69, 9.17) is 9.72 Å². The predicted octanol–water partition coefficient (Wildman–Crippen LogP) is 1.85. The van der Waals surface area contributed by atoms with Crippen LogP contribution in [0.15, 0.2) is 35.2 Å². The highest BCUT2D eigenvalue weighted by atomic mass is 32.1. The van der Waals surface area contributed by atoms with E-state index in [0.29, 0.717) is 13.1 Å². The highest BCUT2D eigenvalue weighted by Gasteiger charge is 2.19. The average Bonchev–Trinajstić information content (AvgIpc) is 3.24. The third-order valence-electron chi connectivity index (χ3n) is 4.28. The number of aliphatic hydroxyl groups is 1. The molecule has 0 bridgehead atoms.